The topological polar surface area (TPSA) is 47.9 Å². The molecule has 1 N–H and O–H groups in total. The van der Waals surface area contributed by atoms with Gasteiger partial charge in [0.2, 0.25) is 5.91 Å². The molecule has 1 amide bonds. The van der Waals surface area contributed by atoms with Crippen molar-refractivity contribution in [2.24, 2.45) is 10.9 Å². The maximum Gasteiger partial charge on any atom is 0.227 e. The maximum absolute atomic E-state index is 12.6. The first-order valence-corrected chi connectivity index (χ1v) is 10.1. The molecule has 0 radical (unpaired) electrons. The molecule has 0 bridgehead atoms. The van der Waals surface area contributed by atoms with E-state index in [1.165, 1.54) is 18.4 Å². The quantitative estimate of drug-likeness (QED) is 0.501. The molecule has 0 aliphatic carbocycles. The second-order valence-corrected chi connectivity index (χ2v) is 7.43. The summed E-state index contributed by atoms with van der Waals surface area (Å²) in [5.41, 5.74) is 2.38. The van der Waals surface area contributed by atoms with Crippen LogP contribution in [0.15, 0.2) is 29.3 Å². The van der Waals surface area contributed by atoms with Gasteiger partial charge in [0, 0.05) is 44.8 Å². The van der Waals surface area contributed by atoms with Crippen molar-refractivity contribution in [3.63, 3.8) is 0 Å². The molecular formula is C21H32N4O. The molecule has 0 unspecified atom stereocenters. The van der Waals surface area contributed by atoms with Crippen LogP contribution in [0.2, 0.25) is 0 Å². The third-order valence-electron chi connectivity index (χ3n) is 5.42. The summed E-state index contributed by atoms with van der Waals surface area (Å²) in [6, 6.07) is 8.23. The molecule has 2 aliphatic rings. The summed E-state index contributed by atoms with van der Waals surface area (Å²) in [6.45, 7) is 8.99. The molecule has 2 aliphatic heterocycles. The molecule has 1 aromatic rings. The van der Waals surface area contributed by atoms with E-state index < -0.39 is 0 Å². The van der Waals surface area contributed by atoms with Crippen molar-refractivity contribution in [2.45, 2.75) is 46.0 Å². The molecule has 5 nitrogen and oxygen atoms in total. The molecule has 1 aromatic carbocycles. The molecule has 26 heavy (non-hydrogen) atoms. The van der Waals surface area contributed by atoms with Gasteiger partial charge in [-0.15, -0.1) is 0 Å². The second kappa shape index (κ2) is 9.06. The van der Waals surface area contributed by atoms with Gasteiger partial charge in [-0.1, -0.05) is 25.1 Å². The monoisotopic (exact) mass is 356 g/mol. The fourth-order valence-electron chi connectivity index (χ4n) is 3.79. The Labute approximate surface area is 157 Å². The van der Waals surface area contributed by atoms with Crippen LogP contribution in [0, 0.1) is 5.92 Å². The predicted molar refractivity (Wildman–Crippen MR) is 108 cm³/mol. The van der Waals surface area contributed by atoms with E-state index >= 15 is 0 Å². The van der Waals surface area contributed by atoms with E-state index in [4.69, 9.17) is 4.99 Å². The Morgan fingerprint density at radius 1 is 1.23 bits per heavy atom. The van der Waals surface area contributed by atoms with Crippen LogP contribution in [-0.2, 0) is 11.2 Å². The zero-order valence-electron chi connectivity index (χ0n) is 16.2. The minimum atomic E-state index is 0.224. The highest BCUT2D eigenvalue weighted by Gasteiger charge is 2.23. The number of nitrogens with zero attached hydrogens (tertiary/aromatic N) is 3. The third kappa shape index (κ3) is 4.57. The standard InChI is InChI=1S/C21H32N4O/c1-3-22-21(24-14-10-17(2)11-15-24)23-13-6-9-20(26)25-16-12-18-7-4-5-8-19(18)25/h4-5,7-8,17H,3,6,9-16H2,1-2H3,(H,22,23). The van der Waals surface area contributed by atoms with E-state index in [2.05, 4.69) is 36.2 Å². The van der Waals surface area contributed by atoms with Gasteiger partial charge in [0.05, 0.1) is 0 Å². The lowest BCUT2D eigenvalue weighted by Crippen LogP contribution is -2.45. The average Bonchev–Trinajstić information content (AvgIpc) is 3.09. The average molecular weight is 357 g/mol. The van der Waals surface area contributed by atoms with E-state index in [1.54, 1.807) is 0 Å². The molecule has 2 heterocycles. The smallest absolute Gasteiger partial charge is 0.227 e. The van der Waals surface area contributed by atoms with Crippen molar-refractivity contribution in [1.82, 2.24) is 10.2 Å². The van der Waals surface area contributed by atoms with Crippen LogP contribution in [0.1, 0.15) is 45.1 Å². The van der Waals surface area contributed by atoms with Crippen molar-refractivity contribution in [2.75, 3.05) is 37.6 Å². The Balaban J connectivity index is 1.48. The summed E-state index contributed by atoms with van der Waals surface area (Å²) >= 11 is 0. The number of amides is 1. The van der Waals surface area contributed by atoms with Crippen molar-refractivity contribution in [1.29, 1.82) is 0 Å². The minimum absolute atomic E-state index is 0.224. The number of piperidine rings is 1. The lowest BCUT2D eigenvalue weighted by Gasteiger charge is -2.33. The highest BCUT2D eigenvalue weighted by atomic mass is 16.2. The lowest BCUT2D eigenvalue weighted by molar-refractivity contribution is -0.118. The molecule has 1 fully saturated rings. The summed E-state index contributed by atoms with van der Waals surface area (Å²) in [4.78, 5) is 21.6. The van der Waals surface area contributed by atoms with Crippen LogP contribution in [0.25, 0.3) is 0 Å². The van der Waals surface area contributed by atoms with E-state index in [0.29, 0.717) is 13.0 Å². The summed E-state index contributed by atoms with van der Waals surface area (Å²) in [5.74, 6) is 2.05. The number of carbonyl (C=O) groups excluding carboxylic acids is 1. The molecule has 142 valence electrons. The molecule has 0 spiro atoms. The number of anilines is 1. The Morgan fingerprint density at radius 3 is 2.77 bits per heavy atom. The van der Waals surface area contributed by atoms with Gasteiger partial charge in [-0.2, -0.15) is 0 Å². The van der Waals surface area contributed by atoms with Gasteiger partial charge >= 0.3 is 0 Å². The number of likely N-dealkylation sites (tertiary alicyclic amines) is 1. The first kappa shape index (κ1) is 18.7. The Kier molecular flexibility index (Phi) is 6.53. The van der Waals surface area contributed by atoms with Crippen LogP contribution < -0.4 is 10.2 Å². The zero-order chi connectivity index (χ0) is 18.4. The largest absolute Gasteiger partial charge is 0.357 e. The number of fused-ring (bicyclic) bond motifs is 1. The summed E-state index contributed by atoms with van der Waals surface area (Å²) in [5, 5.41) is 3.40. The molecule has 0 atom stereocenters. The van der Waals surface area contributed by atoms with E-state index in [9.17, 15) is 4.79 Å². The van der Waals surface area contributed by atoms with Crippen molar-refractivity contribution in [3.8, 4) is 0 Å². The highest BCUT2D eigenvalue weighted by Crippen LogP contribution is 2.28. The van der Waals surface area contributed by atoms with E-state index in [1.807, 2.05) is 17.0 Å². The van der Waals surface area contributed by atoms with Crippen molar-refractivity contribution < 1.29 is 4.79 Å². The number of para-hydroxylation sites is 1. The Hall–Kier alpha value is -2.04. The number of nitrogens with one attached hydrogen (secondary N) is 1. The third-order valence-corrected chi connectivity index (χ3v) is 5.42. The zero-order valence-corrected chi connectivity index (χ0v) is 16.2. The van der Waals surface area contributed by atoms with Gasteiger partial charge in [0.15, 0.2) is 5.96 Å². The molecule has 0 aromatic heterocycles. The van der Waals surface area contributed by atoms with E-state index in [-0.39, 0.29) is 5.91 Å². The van der Waals surface area contributed by atoms with Crippen LogP contribution in [0.4, 0.5) is 5.69 Å². The number of rotatable bonds is 5. The van der Waals surface area contributed by atoms with Crippen molar-refractivity contribution >= 4 is 17.6 Å². The van der Waals surface area contributed by atoms with Gasteiger partial charge in [0.1, 0.15) is 0 Å². The summed E-state index contributed by atoms with van der Waals surface area (Å²) in [7, 11) is 0. The number of hydrogen-bond acceptors (Lipinski definition) is 2. The number of guanidine groups is 1. The number of aliphatic imine (C=N–C) groups is 1. The van der Waals surface area contributed by atoms with Crippen LogP contribution >= 0.6 is 0 Å². The van der Waals surface area contributed by atoms with Gasteiger partial charge in [-0.05, 0) is 50.2 Å². The van der Waals surface area contributed by atoms with Gasteiger partial charge < -0.3 is 15.1 Å². The molecule has 0 saturated carbocycles. The van der Waals surface area contributed by atoms with Crippen LogP contribution in [0.5, 0.6) is 0 Å². The molecule has 3 rings (SSSR count). The van der Waals surface area contributed by atoms with Crippen molar-refractivity contribution in [3.05, 3.63) is 29.8 Å². The number of carbonyl (C=O) groups is 1. The number of benzene rings is 1. The van der Waals surface area contributed by atoms with Gasteiger partial charge in [0.25, 0.3) is 0 Å². The summed E-state index contributed by atoms with van der Waals surface area (Å²) in [6.07, 6.45) is 4.80. The molecule has 5 heteroatoms. The fraction of sp³-hybridized carbons (Fsp3) is 0.619. The van der Waals surface area contributed by atoms with Crippen LogP contribution in [0.3, 0.4) is 0 Å². The Bertz CT molecular complexity index is 635. The first-order chi connectivity index (χ1) is 12.7. The van der Waals surface area contributed by atoms with Gasteiger partial charge in [-0.25, -0.2) is 0 Å². The SMILES string of the molecule is CCNC(=NCCCC(=O)N1CCc2ccccc21)N1CCC(C)CC1. The van der Waals surface area contributed by atoms with Gasteiger partial charge in [-0.3, -0.25) is 9.79 Å². The maximum atomic E-state index is 12.6. The van der Waals surface area contributed by atoms with Crippen LogP contribution in [-0.4, -0.2) is 49.5 Å². The fourth-order valence-corrected chi connectivity index (χ4v) is 3.79. The second-order valence-electron chi connectivity index (χ2n) is 7.43. The summed E-state index contributed by atoms with van der Waals surface area (Å²) < 4.78 is 0. The Morgan fingerprint density at radius 2 is 2.00 bits per heavy atom. The first-order valence-electron chi connectivity index (χ1n) is 10.1. The van der Waals surface area contributed by atoms with E-state index in [0.717, 1.165) is 56.6 Å². The molecular weight excluding hydrogens is 324 g/mol. The predicted octanol–water partition coefficient (Wildman–Crippen LogP) is 3.05. The normalized spacial score (nSPS) is 18.2. The number of hydrogen-bond donors (Lipinski definition) is 1. The lowest BCUT2D eigenvalue weighted by atomic mass is 10.00. The molecule has 1 saturated heterocycles. The minimum Gasteiger partial charge on any atom is -0.357 e. The highest BCUT2D eigenvalue weighted by molar-refractivity contribution is 5.95.